The Hall–Kier alpha value is -0.530. The van der Waals surface area contributed by atoms with Crippen molar-refractivity contribution in [2.45, 2.75) is 39.3 Å². The van der Waals surface area contributed by atoms with E-state index in [0.29, 0.717) is 6.04 Å². The molecule has 0 heterocycles. The smallest absolute Gasteiger partial charge is 0.0224 e. The molecule has 0 aromatic heterocycles. The maximum Gasteiger partial charge on any atom is 0.0224 e. The molecule has 1 aromatic carbocycles. The highest BCUT2D eigenvalue weighted by molar-refractivity contribution is 6.17. The second-order valence-corrected chi connectivity index (χ2v) is 4.42. The molecule has 0 radical (unpaired) electrons. The molecule has 15 heavy (non-hydrogen) atoms. The zero-order valence-corrected chi connectivity index (χ0v) is 10.3. The van der Waals surface area contributed by atoms with E-state index in [0.717, 1.165) is 25.3 Å². The van der Waals surface area contributed by atoms with Crippen LogP contribution in [0.4, 0.5) is 0 Å². The normalized spacial score (nSPS) is 12.7. The topological polar surface area (TPSA) is 12.0 Å². The lowest BCUT2D eigenvalue weighted by molar-refractivity contribution is 0.509. The highest BCUT2D eigenvalue weighted by atomic mass is 35.5. The van der Waals surface area contributed by atoms with Crippen LogP contribution in [-0.4, -0.2) is 11.9 Å². The fraction of sp³-hybridized carbons (Fsp3) is 0.538. The molecule has 1 unspecified atom stereocenters. The highest BCUT2D eigenvalue weighted by Gasteiger charge is 2.02. The Morgan fingerprint density at radius 1 is 1.33 bits per heavy atom. The largest absolute Gasteiger partial charge is 0.310 e. The molecule has 0 saturated carbocycles. The van der Waals surface area contributed by atoms with Crippen LogP contribution in [0.25, 0.3) is 0 Å². The molecule has 1 atom stereocenters. The summed E-state index contributed by atoms with van der Waals surface area (Å²) in [5.41, 5.74) is 2.74. The van der Waals surface area contributed by atoms with Crippen molar-refractivity contribution in [2.75, 3.05) is 5.88 Å². The summed E-state index contributed by atoms with van der Waals surface area (Å²) < 4.78 is 0. The van der Waals surface area contributed by atoms with E-state index in [4.69, 9.17) is 11.6 Å². The summed E-state index contributed by atoms with van der Waals surface area (Å²) in [5.74, 6) is 0.760. The number of alkyl halides is 1. The maximum atomic E-state index is 5.66. The van der Waals surface area contributed by atoms with Crippen LogP contribution in [0.3, 0.4) is 0 Å². The van der Waals surface area contributed by atoms with Gasteiger partial charge in [0, 0.05) is 18.5 Å². The SMILES string of the molecule is Cc1ccccc1CNC(C)CCCCl. The molecule has 0 aliphatic heterocycles. The van der Waals surface area contributed by atoms with E-state index in [9.17, 15) is 0 Å². The molecule has 0 fully saturated rings. The minimum atomic E-state index is 0.545. The van der Waals surface area contributed by atoms with Gasteiger partial charge in [-0.1, -0.05) is 24.3 Å². The first kappa shape index (κ1) is 12.5. The summed E-state index contributed by atoms with van der Waals surface area (Å²) >= 11 is 5.66. The van der Waals surface area contributed by atoms with Crippen molar-refractivity contribution in [2.24, 2.45) is 0 Å². The van der Waals surface area contributed by atoms with Crippen molar-refractivity contribution in [1.29, 1.82) is 0 Å². The van der Waals surface area contributed by atoms with Crippen LogP contribution in [0.15, 0.2) is 24.3 Å². The summed E-state index contributed by atoms with van der Waals surface area (Å²) in [6.07, 6.45) is 2.23. The van der Waals surface area contributed by atoms with Crippen LogP contribution in [0.1, 0.15) is 30.9 Å². The van der Waals surface area contributed by atoms with Gasteiger partial charge in [0.05, 0.1) is 0 Å². The second kappa shape index (κ2) is 6.86. The number of benzene rings is 1. The zero-order chi connectivity index (χ0) is 11.1. The quantitative estimate of drug-likeness (QED) is 0.731. The first-order valence-electron chi connectivity index (χ1n) is 5.58. The molecule has 0 bridgehead atoms. The van der Waals surface area contributed by atoms with Crippen molar-refractivity contribution in [1.82, 2.24) is 5.32 Å². The standard InChI is InChI=1S/C13H20ClN/c1-11-6-3-4-8-13(11)10-15-12(2)7-5-9-14/h3-4,6,8,12,15H,5,7,9-10H2,1-2H3. The van der Waals surface area contributed by atoms with Gasteiger partial charge in [0.2, 0.25) is 0 Å². The van der Waals surface area contributed by atoms with Gasteiger partial charge in [0.15, 0.2) is 0 Å². The van der Waals surface area contributed by atoms with Gasteiger partial charge in [-0.05, 0) is 37.8 Å². The molecular weight excluding hydrogens is 206 g/mol. The van der Waals surface area contributed by atoms with E-state index < -0.39 is 0 Å². The minimum absolute atomic E-state index is 0.545. The van der Waals surface area contributed by atoms with Crippen LogP contribution < -0.4 is 5.32 Å². The summed E-state index contributed by atoms with van der Waals surface area (Å²) in [6.45, 7) is 5.32. The highest BCUT2D eigenvalue weighted by Crippen LogP contribution is 2.07. The average Bonchev–Trinajstić information content (AvgIpc) is 2.25. The van der Waals surface area contributed by atoms with Gasteiger partial charge in [0.1, 0.15) is 0 Å². The van der Waals surface area contributed by atoms with Gasteiger partial charge in [-0.15, -0.1) is 11.6 Å². The molecule has 0 spiro atoms. The fourth-order valence-electron chi connectivity index (χ4n) is 1.58. The first-order valence-corrected chi connectivity index (χ1v) is 6.11. The Labute approximate surface area is 97.8 Å². The van der Waals surface area contributed by atoms with E-state index in [1.54, 1.807) is 0 Å². The fourth-order valence-corrected chi connectivity index (χ4v) is 1.73. The number of hydrogen-bond acceptors (Lipinski definition) is 1. The van der Waals surface area contributed by atoms with Crippen molar-refractivity contribution in [3.05, 3.63) is 35.4 Å². The third kappa shape index (κ3) is 4.67. The van der Waals surface area contributed by atoms with E-state index in [1.165, 1.54) is 11.1 Å². The second-order valence-electron chi connectivity index (χ2n) is 4.04. The Kier molecular flexibility index (Phi) is 5.74. The van der Waals surface area contributed by atoms with Crippen molar-refractivity contribution in [3.8, 4) is 0 Å². The van der Waals surface area contributed by atoms with E-state index in [1.807, 2.05) is 0 Å². The minimum Gasteiger partial charge on any atom is -0.310 e. The Morgan fingerprint density at radius 3 is 2.73 bits per heavy atom. The molecule has 0 aliphatic rings. The molecule has 84 valence electrons. The third-order valence-electron chi connectivity index (χ3n) is 2.67. The first-order chi connectivity index (χ1) is 7.24. The Bertz CT molecular complexity index is 286. The van der Waals surface area contributed by atoms with Gasteiger partial charge in [0.25, 0.3) is 0 Å². The molecule has 0 aliphatic carbocycles. The summed E-state index contributed by atoms with van der Waals surface area (Å²) in [7, 11) is 0. The summed E-state index contributed by atoms with van der Waals surface area (Å²) in [5, 5.41) is 3.52. The molecule has 1 nitrogen and oxygen atoms in total. The molecule has 1 aromatic rings. The zero-order valence-electron chi connectivity index (χ0n) is 9.59. The maximum absolute atomic E-state index is 5.66. The summed E-state index contributed by atoms with van der Waals surface area (Å²) in [4.78, 5) is 0. The van der Waals surface area contributed by atoms with E-state index in [2.05, 4.69) is 43.4 Å². The number of aryl methyl sites for hydroxylation is 1. The Balaban J connectivity index is 2.33. The van der Waals surface area contributed by atoms with Crippen molar-refractivity contribution in [3.63, 3.8) is 0 Å². The van der Waals surface area contributed by atoms with Crippen molar-refractivity contribution >= 4 is 11.6 Å². The predicted octanol–water partition coefficient (Wildman–Crippen LogP) is 3.49. The van der Waals surface area contributed by atoms with Gasteiger partial charge in [-0.3, -0.25) is 0 Å². The van der Waals surface area contributed by atoms with Crippen LogP contribution in [-0.2, 0) is 6.54 Å². The number of rotatable bonds is 6. The van der Waals surface area contributed by atoms with Crippen molar-refractivity contribution < 1.29 is 0 Å². The number of hydrogen-bond donors (Lipinski definition) is 1. The van der Waals surface area contributed by atoms with E-state index in [-0.39, 0.29) is 0 Å². The number of nitrogens with one attached hydrogen (secondary N) is 1. The van der Waals surface area contributed by atoms with Crippen LogP contribution in [0, 0.1) is 6.92 Å². The Morgan fingerprint density at radius 2 is 2.07 bits per heavy atom. The van der Waals surface area contributed by atoms with Gasteiger partial charge in [-0.25, -0.2) is 0 Å². The molecule has 1 N–H and O–H groups in total. The van der Waals surface area contributed by atoms with Gasteiger partial charge < -0.3 is 5.32 Å². The molecular formula is C13H20ClN. The monoisotopic (exact) mass is 225 g/mol. The number of halogens is 1. The van der Waals surface area contributed by atoms with Crippen LogP contribution in [0.2, 0.25) is 0 Å². The van der Waals surface area contributed by atoms with Gasteiger partial charge >= 0.3 is 0 Å². The molecule has 1 rings (SSSR count). The lowest BCUT2D eigenvalue weighted by atomic mass is 10.1. The third-order valence-corrected chi connectivity index (χ3v) is 2.94. The molecule has 2 heteroatoms. The summed E-state index contributed by atoms with van der Waals surface area (Å²) in [6, 6.07) is 9.05. The van der Waals surface area contributed by atoms with Crippen LogP contribution in [0.5, 0.6) is 0 Å². The van der Waals surface area contributed by atoms with Gasteiger partial charge in [-0.2, -0.15) is 0 Å². The molecule has 0 amide bonds. The van der Waals surface area contributed by atoms with E-state index >= 15 is 0 Å². The predicted molar refractivity (Wildman–Crippen MR) is 67.4 cm³/mol. The molecule has 0 saturated heterocycles. The lowest BCUT2D eigenvalue weighted by Crippen LogP contribution is -2.25. The lowest BCUT2D eigenvalue weighted by Gasteiger charge is -2.14. The van der Waals surface area contributed by atoms with Crippen LogP contribution >= 0.6 is 11.6 Å². The average molecular weight is 226 g/mol.